The molecule has 0 bridgehead atoms. The molecule has 0 spiro atoms. The quantitative estimate of drug-likeness (QED) is 0.278. The fourth-order valence-corrected chi connectivity index (χ4v) is 4.15. The Balaban J connectivity index is 3.53. The third-order valence-corrected chi connectivity index (χ3v) is 6.40. The average molecular weight is 580 g/mol. The molecule has 37 heavy (non-hydrogen) atoms. The third kappa shape index (κ3) is 5.73. The van der Waals surface area contributed by atoms with Crippen molar-refractivity contribution in [2.24, 2.45) is 11.8 Å². The van der Waals surface area contributed by atoms with Crippen LogP contribution in [-0.2, 0) is 9.53 Å². The minimum atomic E-state index is -6.66. The van der Waals surface area contributed by atoms with E-state index >= 15 is 0 Å². The van der Waals surface area contributed by atoms with Crippen molar-refractivity contribution >= 4 is 5.97 Å². The molecule has 0 heterocycles. The maximum atomic E-state index is 15.0. The van der Waals surface area contributed by atoms with Crippen molar-refractivity contribution in [1.29, 1.82) is 0 Å². The Morgan fingerprint density at radius 3 is 1.59 bits per heavy atom. The monoisotopic (exact) mass is 580 g/mol. The van der Waals surface area contributed by atoms with Gasteiger partial charge in [-0.2, -0.15) is 39.5 Å². The van der Waals surface area contributed by atoms with E-state index in [1.165, 1.54) is 0 Å². The molecule has 1 aliphatic rings. The van der Waals surface area contributed by atoms with Crippen molar-refractivity contribution in [3.63, 3.8) is 0 Å². The van der Waals surface area contributed by atoms with Crippen molar-refractivity contribution in [2.45, 2.75) is 99.8 Å². The van der Waals surface area contributed by atoms with E-state index in [0.29, 0.717) is 0 Å². The number of hydrogen-bond donors (Lipinski definition) is 2. The van der Waals surface area contributed by atoms with Crippen molar-refractivity contribution in [1.82, 2.24) is 0 Å². The Bertz CT molecular complexity index is 813. The highest BCUT2D eigenvalue weighted by molar-refractivity contribution is 5.75. The molecule has 1 fully saturated rings. The largest absolute Gasteiger partial charge is 0.462 e. The molecule has 4 nitrogen and oxygen atoms in total. The summed E-state index contributed by atoms with van der Waals surface area (Å²) in [5.74, 6) is -18.3. The number of hydrogen-bond acceptors (Lipinski definition) is 4. The summed E-state index contributed by atoms with van der Waals surface area (Å²) in [7, 11) is 0. The van der Waals surface area contributed by atoms with Gasteiger partial charge in [0.2, 0.25) is 5.67 Å². The number of ether oxygens (including phenoxy) is 1. The van der Waals surface area contributed by atoms with Crippen molar-refractivity contribution in [3.05, 3.63) is 0 Å². The molecule has 0 aromatic rings. The van der Waals surface area contributed by atoms with Gasteiger partial charge in [-0.05, 0) is 19.8 Å². The molecule has 1 saturated carbocycles. The molecular weight excluding hydrogens is 558 g/mol. The number of rotatable bonds is 8. The second kappa shape index (κ2) is 9.55. The van der Waals surface area contributed by atoms with Crippen molar-refractivity contribution < 1.29 is 81.2 Å². The highest BCUT2D eigenvalue weighted by Crippen LogP contribution is 2.61. The molecule has 5 unspecified atom stereocenters. The van der Waals surface area contributed by atoms with Gasteiger partial charge in [0.15, 0.2) is 5.60 Å². The summed E-state index contributed by atoms with van der Waals surface area (Å²) < 4.78 is 194. The van der Waals surface area contributed by atoms with Gasteiger partial charge in [0.05, 0.1) is 0 Å². The molecule has 0 amide bonds. The van der Waals surface area contributed by atoms with E-state index in [0.717, 1.165) is 6.92 Å². The van der Waals surface area contributed by atoms with E-state index < -0.39 is 96.8 Å². The second-order valence-electron chi connectivity index (χ2n) is 9.21. The maximum absolute atomic E-state index is 15.0. The van der Waals surface area contributed by atoms with Gasteiger partial charge in [-0.1, -0.05) is 6.92 Å². The van der Waals surface area contributed by atoms with Crippen LogP contribution >= 0.6 is 0 Å². The van der Waals surface area contributed by atoms with Crippen LogP contribution in [0.2, 0.25) is 0 Å². The lowest BCUT2D eigenvalue weighted by Gasteiger charge is -2.38. The van der Waals surface area contributed by atoms with Crippen molar-refractivity contribution in [2.75, 3.05) is 0 Å². The van der Waals surface area contributed by atoms with Crippen LogP contribution in [0, 0.1) is 11.8 Å². The van der Waals surface area contributed by atoms with E-state index in [1.807, 2.05) is 0 Å². The molecule has 1 aliphatic carbocycles. The lowest BCUT2D eigenvalue weighted by molar-refractivity contribution is -0.375. The van der Waals surface area contributed by atoms with Crippen LogP contribution in [0.1, 0.15) is 46.5 Å². The van der Waals surface area contributed by atoms with Crippen LogP contribution < -0.4 is 0 Å². The van der Waals surface area contributed by atoms with Gasteiger partial charge in [0, 0.05) is 25.7 Å². The Kier molecular flexibility index (Phi) is 8.63. The zero-order chi connectivity index (χ0) is 29.8. The summed E-state index contributed by atoms with van der Waals surface area (Å²) in [6.45, 7) is 0.508. The molecule has 0 saturated heterocycles. The lowest BCUT2D eigenvalue weighted by Crippen LogP contribution is -2.60. The normalized spacial score (nSPS) is 28.1. The fraction of sp³-hybridized carbons (Fsp3) is 0.947. The van der Waals surface area contributed by atoms with E-state index in [1.54, 1.807) is 0 Å². The van der Waals surface area contributed by atoms with Gasteiger partial charge >= 0.3 is 30.4 Å². The molecule has 220 valence electrons. The van der Waals surface area contributed by atoms with Crippen LogP contribution in [0.3, 0.4) is 0 Å². The fourth-order valence-electron chi connectivity index (χ4n) is 4.15. The lowest BCUT2D eigenvalue weighted by atomic mass is 9.83. The highest BCUT2D eigenvalue weighted by Gasteiger charge is 2.79. The van der Waals surface area contributed by atoms with Crippen LogP contribution in [-0.4, -0.2) is 69.5 Å². The number of alkyl halides is 14. The highest BCUT2D eigenvalue weighted by atomic mass is 19.4. The molecular formula is C19H22F14O4. The second-order valence-corrected chi connectivity index (χ2v) is 9.21. The van der Waals surface area contributed by atoms with Gasteiger partial charge in [0.1, 0.15) is 12.0 Å². The van der Waals surface area contributed by atoms with Crippen LogP contribution in [0.25, 0.3) is 0 Å². The molecule has 18 heteroatoms. The summed E-state index contributed by atoms with van der Waals surface area (Å²) in [5.41, 5.74) is -14.8. The molecule has 0 aromatic heterocycles. The van der Waals surface area contributed by atoms with Crippen LogP contribution in [0.4, 0.5) is 61.5 Å². The summed E-state index contributed by atoms with van der Waals surface area (Å²) >= 11 is 0. The zero-order valence-corrected chi connectivity index (χ0v) is 19.1. The van der Waals surface area contributed by atoms with Crippen molar-refractivity contribution in [3.8, 4) is 0 Å². The number of carbonyl (C=O) groups excluding carboxylic acids is 1. The molecule has 0 radical (unpaired) electrons. The maximum Gasteiger partial charge on any atom is 0.426 e. The molecule has 5 atom stereocenters. The van der Waals surface area contributed by atoms with Gasteiger partial charge < -0.3 is 14.9 Å². The first kappa shape index (κ1) is 33.4. The topological polar surface area (TPSA) is 66.8 Å². The van der Waals surface area contributed by atoms with E-state index in [4.69, 9.17) is 0 Å². The van der Waals surface area contributed by atoms with E-state index in [-0.39, 0.29) is 13.8 Å². The first-order chi connectivity index (χ1) is 16.0. The molecule has 1 rings (SSSR count). The first-order valence-electron chi connectivity index (χ1n) is 10.3. The van der Waals surface area contributed by atoms with Gasteiger partial charge in [-0.25, -0.2) is 22.0 Å². The average Bonchev–Trinajstić information content (AvgIpc) is 2.85. The van der Waals surface area contributed by atoms with Gasteiger partial charge in [-0.15, -0.1) is 0 Å². The smallest absolute Gasteiger partial charge is 0.426 e. The Hall–Kier alpha value is -1.59. The standard InChI is InChI=1S/C19H22F14O4/c1-4-8-5-10(16(23,24)15(8,22)13(3,20)21)11(34)37-9(6-12(2,35)17(25,26)27)7-14(36,18(28,29)30)19(31,32)33/h8-10,35-36H,4-7H2,1-3H3. The van der Waals surface area contributed by atoms with Crippen LogP contribution in [0.5, 0.6) is 0 Å². The Labute approximate surface area is 199 Å². The van der Waals surface area contributed by atoms with Crippen LogP contribution in [0.15, 0.2) is 0 Å². The molecule has 0 aliphatic heterocycles. The first-order valence-corrected chi connectivity index (χ1v) is 10.3. The minimum absolute atomic E-state index is 0.171. The third-order valence-electron chi connectivity index (χ3n) is 6.40. The Morgan fingerprint density at radius 1 is 0.865 bits per heavy atom. The van der Waals surface area contributed by atoms with Gasteiger partial charge in [-0.3, -0.25) is 4.79 Å². The predicted molar refractivity (Wildman–Crippen MR) is 94.1 cm³/mol. The predicted octanol–water partition coefficient (Wildman–Crippen LogP) is 5.89. The molecule has 2 N–H and O–H groups in total. The number of carbonyl (C=O) groups is 1. The summed E-state index contributed by atoms with van der Waals surface area (Å²) in [4.78, 5) is 12.3. The zero-order valence-electron chi connectivity index (χ0n) is 19.1. The molecule has 0 aromatic carbocycles. The van der Waals surface area contributed by atoms with Gasteiger partial charge in [0.25, 0.3) is 11.5 Å². The summed E-state index contributed by atoms with van der Waals surface area (Å²) in [5, 5.41) is 18.8. The summed E-state index contributed by atoms with van der Waals surface area (Å²) in [6, 6.07) is 0. The Morgan fingerprint density at radius 2 is 1.30 bits per heavy atom. The van der Waals surface area contributed by atoms with E-state index in [2.05, 4.69) is 4.74 Å². The number of esters is 1. The SMILES string of the molecule is CCC1CC(C(=O)OC(CC(C)(O)C(F)(F)F)CC(O)(C(F)(F)F)C(F)(F)F)C(F)(F)C1(F)C(C)(F)F. The minimum Gasteiger partial charge on any atom is -0.462 e. The van der Waals surface area contributed by atoms with E-state index in [9.17, 15) is 76.5 Å². The summed E-state index contributed by atoms with van der Waals surface area (Å²) in [6.07, 6.45) is -30.0. The number of aliphatic hydroxyl groups is 2. The number of halogens is 14.